The van der Waals surface area contributed by atoms with Crippen molar-refractivity contribution in [3.05, 3.63) is 70.8 Å². The van der Waals surface area contributed by atoms with Crippen LogP contribution in [0.2, 0.25) is 0 Å². The largest absolute Gasteiger partial charge is 0.416 e. The van der Waals surface area contributed by atoms with Gasteiger partial charge in [0.1, 0.15) is 0 Å². The molecule has 0 aliphatic rings. The van der Waals surface area contributed by atoms with Gasteiger partial charge in [0, 0.05) is 0 Å². The smallest absolute Gasteiger partial charge is 0.309 e. The maximum atomic E-state index is 13.3. The molecule has 0 heterocycles. The van der Waals surface area contributed by atoms with Gasteiger partial charge in [0.25, 0.3) is 0 Å². The Morgan fingerprint density at radius 2 is 1.57 bits per heavy atom. The van der Waals surface area contributed by atoms with Crippen LogP contribution in [0.1, 0.15) is 22.7 Å². The first kappa shape index (κ1) is 15.4. The van der Waals surface area contributed by atoms with E-state index in [1.807, 2.05) is 0 Å². The van der Waals surface area contributed by atoms with Crippen LogP contribution in [0.5, 0.6) is 0 Å². The molecule has 2 aromatic rings. The van der Waals surface area contributed by atoms with Crippen LogP contribution in [0.4, 0.5) is 22.0 Å². The summed E-state index contributed by atoms with van der Waals surface area (Å²) in [7, 11) is 1.53. The van der Waals surface area contributed by atoms with E-state index in [0.29, 0.717) is 11.1 Å². The summed E-state index contributed by atoms with van der Waals surface area (Å²) >= 11 is 0. The molecule has 0 aromatic heterocycles. The molecule has 0 saturated heterocycles. The van der Waals surface area contributed by atoms with Gasteiger partial charge in [0.05, 0.1) is 11.6 Å². The number of hydrogen-bond donors (Lipinski definition) is 1. The van der Waals surface area contributed by atoms with Crippen LogP contribution in [0.25, 0.3) is 0 Å². The van der Waals surface area contributed by atoms with Crippen LogP contribution in [-0.2, 0) is 6.18 Å². The van der Waals surface area contributed by atoms with Crippen LogP contribution in [0.15, 0.2) is 42.5 Å². The first-order valence-corrected chi connectivity index (χ1v) is 6.12. The molecule has 112 valence electrons. The van der Waals surface area contributed by atoms with Crippen molar-refractivity contribution >= 4 is 0 Å². The highest BCUT2D eigenvalue weighted by atomic mass is 19.4. The second kappa shape index (κ2) is 5.81. The number of halogens is 5. The fourth-order valence-electron chi connectivity index (χ4n) is 2.11. The molecular weight excluding hydrogens is 289 g/mol. The fourth-order valence-corrected chi connectivity index (χ4v) is 2.11. The minimum absolute atomic E-state index is 0.318. The Labute approximate surface area is 118 Å². The average molecular weight is 301 g/mol. The van der Waals surface area contributed by atoms with Gasteiger partial charge in [-0.1, -0.05) is 18.2 Å². The Bertz CT molecular complexity index is 636. The topological polar surface area (TPSA) is 12.0 Å². The summed E-state index contributed by atoms with van der Waals surface area (Å²) in [6, 6.07) is 7.31. The maximum absolute atomic E-state index is 13.3. The van der Waals surface area contributed by atoms with E-state index in [0.717, 1.165) is 24.3 Å². The molecule has 1 N–H and O–H groups in total. The third-order valence-electron chi connectivity index (χ3n) is 3.11. The Morgan fingerprint density at radius 3 is 2.14 bits per heavy atom. The summed E-state index contributed by atoms with van der Waals surface area (Å²) < 4.78 is 64.4. The lowest BCUT2D eigenvalue weighted by Crippen LogP contribution is -2.19. The van der Waals surface area contributed by atoms with Gasteiger partial charge in [-0.05, 0) is 42.4 Å². The molecule has 0 fully saturated rings. The summed E-state index contributed by atoms with van der Waals surface area (Å²) in [4.78, 5) is 0. The van der Waals surface area contributed by atoms with Crippen LogP contribution >= 0.6 is 0 Å². The molecule has 6 heteroatoms. The van der Waals surface area contributed by atoms with Gasteiger partial charge >= 0.3 is 6.18 Å². The lowest BCUT2D eigenvalue weighted by atomic mass is 9.97. The third-order valence-corrected chi connectivity index (χ3v) is 3.11. The first-order chi connectivity index (χ1) is 9.82. The lowest BCUT2D eigenvalue weighted by Gasteiger charge is -2.19. The zero-order chi connectivity index (χ0) is 15.6. The predicted octanol–water partition coefficient (Wildman–Crippen LogP) is 4.29. The number of benzene rings is 2. The Kier molecular flexibility index (Phi) is 4.27. The van der Waals surface area contributed by atoms with Crippen molar-refractivity contribution in [3.8, 4) is 0 Å². The lowest BCUT2D eigenvalue weighted by molar-refractivity contribution is -0.137. The Hall–Kier alpha value is -1.95. The highest BCUT2D eigenvalue weighted by Gasteiger charge is 2.31. The van der Waals surface area contributed by atoms with E-state index >= 15 is 0 Å². The van der Waals surface area contributed by atoms with Crippen LogP contribution in [-0.4, -0.2) is 7.05 Å². The number of rotatable bonds is 3. The summed E-state index contributed by atoms with van der Waals surface area (Å²) in [5.41, 5.74) is -0.128. The van der Waals surface area contributed by atoms with Gasteiger partial charge in [0.2, 0.25) is 0 Å². The summed E-state index contributed by atoms with van der Waals surface area (Å²) in [6.07, 6.45) is -4.46. The molecule has 0 saturated carbocycles. The van der Waals surface area contributed by atoms with Crippen molar-refractivity contribution in [3.63, 3.8) is 0 Å². The molecule has 0 bridgehead atoms. The minimum atomic E-state index is -4.46. The first-order valence-electron chi connectivity index (χ1n) is 6.12. The predicted molar refractivity (Wildman–Crippen MR) is 68.7 cm³/mol. The Balaban J connectivity index is 2.44. The van der Waals surface area contributed by atoms with Crippen LogP contribution in [0.3, 0.4) is 0 Å². The third kappa shape index (κ3) is 3.39. The molecule has 0 aliphatic carbocycles. The van der Waals surface area contributed by atoms with E-state index in [-0.39, 0.29) is 0 Å². The van der Waals surface area contributed by atoms with Crippen molar-refractivity contribution in [2.24, 2.45) is 0 Å². The molecule has 2 aromatic carbocycles. The van der Waals surface area contributed by atoms with Gasteiger partial charge in [-0.15, -0.1) is 0 Å². The van der Waals surface area contributed by atoms with Gasteiger partial charge in [-0.3, -0.25) is 0 Å². The van der Waals surface area contributed by atoms with Gasteiger partial charge in [0.15, 0.2) is 11.6 Å². The monoisotopic (exact) mass is 301 g/mol. The normalized spacial score (nSPS) is 13.2. The number of alkyl halides is 3. The van der Waals surface area contributed by atoms with Crippen molar-refractivity contribution < 1.29 is 22.0 Å². The van der Waals surface area contributed by atoms with Crippen LogP contribution in [0, 0.1) is 11.6 Å². The molecule has 0 amide bonds. The van der Waals surface area contributed by atoms with E-state index in [4.69, 9.17) is 0 Å². The molecular formula is C15H12F5N. The van der Waals surface area contributed by atoms with E-state index in [1.165, 1.54) is 25.2 Å². The van der Waals surface area contributed by atoms with Gasteiger partial charge in [-0.2, -0.15) is 13.2 Å². The van der Waals surface area contributed by atoms with Gasteiger partial charge < -0.3 is 5.32 Å². The highest BCUT2D eigenvalue weighted by molar-refractivity contribution is 5.35. The summed E-state index contributed by atoms with van der Waals surface area (Å²) in [5, 5.41) is 2.80. The zero-order valence-electron chi connectivity index (χ0n) is 11.0. The standard InChI is InChI=1S/C15H12F5N/c1-21-14(10-5-6-12(16)13(17)8-10)9-3-2-4-11(7-9)15(18,19)20/h2-8,14,21H,1H3. The molecule has 1 unspecified atom stereocenters. The van der Waals surface area contributed by atoms with E-state index < -0.39 is 29.4 Å². The zero-order valence-corrected chi connectivity index (χ0v) is 11.0. The fraction of sp³-hybridized carbons (Fsp3) is 0.200. The second-order valence-electron chi connectivity index (χ2n) is 4.52. The van der Waals surface area contributed by atoms with Crippen LogP contribution < -0.4 is 5.32 Å². The molecule has 0 aliphatic heterocycles. The number of hydrogen-bond acceptors (Lipinski definition) is 1. The van der Waals surface area contributed by atoms with Gasteiger partial charge in [-0.25, -0.2) is 8.78 Å². The maximum Gasteiger partial charge on any atom is 0.416 e. The van der Waals surface area contributed by atoms with Crippen molar-refractivity contribution in [2.45, 2.75) is 12.2 Å². The molecule has 0 spiro atoms. The number of nitrogens with one attached hydrogen (secondary N) is 1. The van der Waals surface area contributed by atoms with E-state index in [1.54, 1.807) is 0 Å². The van der Waals surface area contributed by atoms with E-state index in [2.05, 4.69) is 5.32 Å². The molecule has 2 rings (SSSR count). The molecule has 21 heavy (non-hydrogen) atoms. The van der Waals surface area contributed by atoms with Crippen molar-refractivity contribution in [2.75, 3.05) is 7.05 Å². The van der Waals surface area contributed by atoms with E-state index in [9.17, 15) is 22.0 Å². The van der Waals surface area contributed by atoms with Crippen molar-refractivity contribution in [1.82, 2.24) is 5.32 Å². The molecule has 1 nitrogen and oxygen atoms in total. The van der Waals surface area contributed by atoms with Crippen molar-refractivity contribution in [1.29, 1.82) is 0 Å². The molecule has 1 atom stereocenters. The SMILES string of the molecule is CNC(c1cccc(C(F)(F)F)c1)c1ccc(F)c(F)c1. The minimum Gasteiger partial charge on any atom is -0.309 e. The Morgan fingerprint density at radius 1 is 0.905 bits per heavy atom. The quantitative estimate of drug-likeness (QED) is 0.834. The molecule has 0 radical (unpaired) electrons. The highest BCUT2D eigenvalue weighted by Crippen LogP contribution is 2.32. The average Bonchev–Trinajstić information content (AvgIpc) is 2.43. The summed E-state index contributed by atoms with van der Waals surface area (Å²) in [5.74, 6) is -2.04. The summed E-state index contributed by atoms with van der Waals surface area (Å²) in [6.45, 7) is 0. The second-order valence-corrected chi connectivity index (χ2v) is 4.52.